The number of rotatable bonds is 2. The van der Waals surface area contributed by atoms with Crippen LogP contribution in [-0.4, -0.2) is 47.4 Å². The Balaban J connectivity index is 1.35. The number of fused-ring (bicyclic) bond motifs is 5. The highest BCUT2D eigenvalue weighted by Crippen LogP contribution is 2.69. The quantitative estimate of drug-likeness (QED) is 0.777. The van der Waals surface area contributed by atoms with Gasteiger partial charge < -0.3 is 4.90 Å². The molecule has 1 heterocycles. The van der Waals surface area contributed by atoms with E-state index in [1.807, 2.05) is 13.8 Å². The van der Waals surface area contributed by atoms with Crippen molar-refractivity contribution in [3.63, 3.8) is 0 Å². The number of nitriles is 1. The van der Waals surface area contributed by atoms with Crippen molar-refractivity contribution in [3.8, 4) is 6.07 Å². The molecule has 21 heavy (non-hydrogen) atoms. The zero-order valence-electron chi connectivity index (χ0n) is 13.1. The van der Waals surface area contributed by atoms with Crippen LogP contribution in [0.2, 0.25) is 0 Å². The van der Waals surface area contributed by atoms with Crippen LogP contribution in [0.15, 0.2) is 0 Å². The van der Waals surface area contributed by atoms with E-state index in [-0.39, 0.29) is 0 Å². The van der Waals surface area contributed by atoms with Gasteiger partial charge in [0.25, 0.3) is 0 Å². The second-order valence-electron chi connectivity index (χ2n) is 8.00. The number of carbonyl (C=O) groups excluding carboxylic acids is 1. The van der Waals surface area contributed by atoms with Crippen LogP contribution in [0.4, 0.5) is 0 Å². The van der Waals surface area contributed by atoms with Crippen LogP contribution in [0.1, 0.15) is 33.1 Å². The molecule has 3 saturated carbocycles. The number of piperazine rings is 1. The first-order chi connectivity index (χ1) is 10.0. The lowest BCUT2D eigenvalue weighted by molar-refractivity contribution is -0.136. The van der Waals surface area contributed by atoms with Crippen molar-refractivity contribution in [1.29, 1.82) is 5.26 Å². The van der Waals surface area contributed by atoms with Crippen LogP contribution in [0.5, 0.6) is 0 Å². The van der Waals surface area contributed by atoms with Gasteiger partial charge in [0, 0.05) is 32.1 Å². The number of hydrogen-bond acceptors (Lipinski definition) is 3. The molecule has 3 aliphatic carbocycles. The molecule has 1 aliphatic heterocycles. The molecule has 0 spiro atoms. The summed E-state index contributed by atoms with van der Waals surface area (Å²) in [7, 11) is 0. The predicted molar refractivity (Wildman–Crippen MR) is 79.1 cm³/mol. The lowest BCUT2D eigenvalue weighted by atomic mass is 10.0. The highest BCUT2D eigenvalue weighted by Gasteiger charge is 2.68. The maximum atomic E-state index is 12.8. The van der Waals surface area contributed by atoms with Crippen molar-refractivity contribution in [2.75, 3.05) is 26.2 Å². The number of hydrogen-bond donors (Lipinski definition) is 0. The SMILES string of the molecule is CC(C)(C#N)N1CCN(C(=O)C2C3C4CCC(C4)C23)CC1. The molecule has 114 valence electrons. The Hall–Kier alpha value is -1.08. The van der Waals surface area contributed by atoms with Crippen molar-refractivity contribution >= 4 is 5.91 Å². The van der Waals surface area contributed by atoms with E-state index in [0.717, 1.165) is 49.9 Å². The first-order valence-electron chi connectivity index (χ1n) is 8.48. The molecule has 2 bridgehead atoms. The third-order valence-corrected chi connectivity index (χ3v) is 6.68. The van der Waals surface area contributed by atoms with Gasteiger partial charge in [0.2, 0.25) is 5.91 Å². The summed E-state index contributed by atoms with van der Waals surface area (Å²) in [5.74, 6) is 4.01. The summed E-state index contributed by atoms with van der Waals surface area (Å²) in [6.45, 7) is 7.20. The van der Waals surface area contributed by atoms with E-state index in [0.29, 0.717) is 11.8 Å². The van der Waals surface area contributed by atoms with Crippen molar-refractivity contribution in [3.05, 3.63) is 0 Å². The highest BCUT2D eigenvalue weighted by atomic mass is 16.2. The molecule has 1 amide bonds. The van der Waals surface area contributed by atoms with Crippen molar-refractivity contribution in [1.82, 2.24) is 9.80 Å². The summed E-state index contributed by atoms with van der Waals surface area (Å²) in [6.07, 6.45) is 4.16. The normalized spacial score (nSPS) is 41.8. The fraction of sp³-hybridized carbons (Fsp3) is 0.882. The van der Waals surface area contributed by atoms with E-state index < -0.39 is 5.54 Å². The average molecular weight is 287 g/mol. The van der Waals surface area contributed by atoms with Crippen LogP contribution >= 0.6 is 0 Å². The van der Waals surface area contributed by atoms with E-state index in [4.69, 9.17) is 0 Å². The Bertz CT molecular complexity index is 485. The maximum absolute atomic E-state index is 12.8. The third-order valence-electron chi connectivity index (χ3n) is 6.68. The molecule has 0 aromatic heterocycles. The van der Waals surface area contributed by atoms with E-state index in [1.54, 1.807) is 0 Å². The monoisotopic (exact) mass is 287 g/mol. The van der Waals surface area contributed by atoms with Crippen LogP contribution < -0.4 is 0 Å². The minimum absolute atomic E-state index is 0.367. The molecule has 0 radical (unpaired) electrons. The summed E-state index contributed by atoms with van der Waals surface area (Å²) >= 11 is 0. The summed E-state index contributed by atoms with van der Waals surface area (Å²) in [5.41, 5.74) is -0.412. The molecule has 4 unspecified atom stereocenters. The van der Waals surface area contributed by atoms with Gasteiger partial charge >= 0.3 is 0 Å². The topological polar surface area (TPSA) is 47.3 Å². The lowest BCUT2D eigenvalue weighted by Crippen LogP contribution is -2.55. The molecule has 4 rings (SSSR count). The van der Waals surface area contributed by atoms with Gasteiger partial charge in [-0.25, -0.2) is 0 Å². The van der Waals surface area contributed by atoms with Gasteiger partial charge in [-0.15, -0.1) is 0 Å². The first kappa shape index (κ1) is 13.6. The van der Waals surface area contributed by atoms with Gasteiger partial charge in [0.05, 0.1) is 6.07 Å². The third kappa shape index (κ3) is 1.93. The van der Waals surface area contributed by atoms with E-state index >= 15 is 0 Å². The molecule has 1 saturated heterocycles. The van der Waals surface area contributed by atoms with Crippen LogP contribution in [0.3, 0.4) is 0 Å². The van der Waals surface area contributed by atoms with Gasteiger partial charge in [0.1, 0.15) is 5.54 Å². The number of carbonyl (C=O) groups is 1. The molecule has 0 aromatic carbocycles. The summed E-state index contributed by atoms with van der Waals surface area (Å²) in [6, 6.07) is 2.36. The standard InChI is InChI=1S/C17H25N3O/c1-17(2,10-18)20-7-5-19(6-8-20)16(21)15-13-11-3-4-12(9-11)14(13)15/h11-15H,3-9H2,1-2H3. The first-order valence-corrected chi connectivity index (χ1v) is 8.48. The predicted octanol–water partition coefficient (Wildman–Crippen LogP) is 1.72. The van der Waals surface area contributed by atoms with E-state index in [9.17, 15) is 10.1 Å². The van der Waals surface area contributed by atoms with Crippen molar-refractivity contribution in [2.45, 2.75) is 38.6 Å². The molecule has 4 nitrogen and oxygen atoms in total. The van der Waals surface area contributed by atoms with E-state index in [1.165, 1.54) is 19.3 Å². The van der Waals surface area contributed by atoms with Crippen LogP contribution in [-0.2, 0) is 4.79 Å². The minimum atomic E-state index is -0.412. The molecule has 4 aliphatic rings. The van der Waals surface area contributed by atoms with E-state index in [2.05, 4.69) is 15.9 Å². The largest absolute Gasteiger partial charge is 0.340 e. The Labute approximate surface area is 127 Å². The summed E-state index contributed by atoms with van der Waals surface area (Å²) in [4.78, 5) is 17.0. The molecule has 4 atom stereocenters. The molecular formula is C17H25N3O. The van der Waals surface area contributed by atoms with Gasteiger partial charge in [-0.1, -0.05) is 0 Å². The Morgan fingerprint density at radius 2 is 1.67 bits per heavy atom. The van der Waals surface area contributed by atoms with Crippen molar-refractivity contribution in [2.24, 2.45) is 29.6 Å². The number of amides is 1. The maximum Gasteiger partial charge on any atom is 0.226 e. The molecule has 0 aromatic rings. The summed E-state index contributed by atoms with van der Waals surface area (Å²) < 4.78 is 0. The zero-order valence-corrected chi connectivity index (χ0v) is 13.1. The van der Waals surface area contributed by atoms with Gasteiger partial charge in [-0.3, -0.25) is 9.69 Å². The molecule has 4 heteroatoms. The van der Waals surface area contributed by atoms with Gasteiger partial charge in [-0.2, -0.15) is 5.26 Å². The Morgan fingerprint density at radius 3 is 2.19 bits per heavy atom. The fourth-order valence-corrected chi connectivity index (χ4v) is 5.42. The zero-order chi connectivity index (χ0) is 14.8. The minimum Gasteiger partial charge on any atom is -0.340 e. The second kappa shape index (κ2) is 4.46. The Morgan fingerprint density at radius 1 is 1.10 bits per heavy atom. The lowest BCUT2D eigenvalue weighted by Gasteiger charge is -2.40. The van der Waals surface area contributed by atoms with Gasteiger partial charge in [-0.05, 0) is 56.8 Å². The molecular weight excluding hydrogens is 262 g/mol. The van der Waals surface area contributed by atoms with Crippen LogP contribution in [0, 0.1) is 40.9 Å². The fourth-order valence-electron chi connectivity index (χ4n) is 5.42. The Kier molecular flexibility index (Phi) is 2.88. The smallest absolute Gasteiger partial charge is 0.226 e. The van der Waals surface area contributed by atoms with Crippen molar-refractivity contribution < 1.29 is 4.79 Å². The summed E-state index contributed by atoms with van der Waals surface area (Å²) in [5, 5.41) is 9.22. The molecule has 0 N–H and O–H groups in total. The van der Waals surface area contributed by atoms with Crippen LogP contribution in [0.25, 0.3) is 0 Å². The number of nitrogens with zero attached hydrogens (tertiary/aromatic N) is 3. The average Bonchev–Trinajstić information content (AvgIpc) is 2.93. The molecule has 4 fully saturated rings. The highest BCUT2D eigenvalue weighted by molar-refractivity contribution is 5.83. The second-order valence-corrected chi connectivity index (χ2v) is 8.00. The van der Waals surface area contributed by atoms with Gasteiger partial charge in [0.15, 0.2) is 0 Å².